The van der Waals surface area contributed by atoms with Crippen LogP contribution in [0.2, 0.25) is 8.87 Å². The fraction of sp³-hybridized carbons (Fsp3) is 0.833. The van der Waals surface area contributed by atoms with E-state index in [1.54, 1.807) is 8.87 Å². The second-order valence-electron chi connectivity index (χ2n) is 3.73. The van der Waals surface area contributed by atoms with Crippen molar-refractivity contribution in [2.75, 3.05) is 0 Å². The van der Waals surface area contributed by atoms with Crippen molar-refractivity contribution in [3.63, 3.8) is 0 Å². The first kappa shape index (κ1) is 18.3. The van der Waals surface area contributed by atoms with Gasteiger partial charge in [0.25, 0.3) is 0 Å². The van der Waals surface area contributed by atoms with Gasteiger partial charge in [-0.2, -0.15) is 0 Å². The zero-order valence-electron chi connectivity index (χ0n) is 10.7. The summed E-state index contributed by atoms with van der Waals surface area (Å²) < 4.78 is 3.25. The fourth-order valence-corrected chi connectivity index (χ4v) is 5.10. The number of carboxylic acid groups (broad SMARTS) is 1. The molecule has 0 amide bonds. The minimum absolute atomic E-state index is 0.149. The molecule has 0 saturated heterocycles. The molecule has 0 aromatic rings. The van der Waals surface area contributed by atoms with E-state index in [-0.39, 0.29) is 33.3 Å². The molecule has 0 bridgehead atoms. The van der Waals surface area contributed by atoms with Gasteiger partial charge in [0.05, 0.1) is 0 Å². The Morgan fingerprint density at radius 2 is 1.50 bits per heavy atom. The van der Waals surface area contributed by atoms with Gasteiger partial charge in [-0.3, -0.25) is 9.59 Å². The van der Waals surface area contributed by atoms with Crippen LogP contribution in [0.5, 0.6) is 0 Å². The van der Waals surface area contributed by atoms with Crippen molar-refractivity contribution in [2.24, 2.45) is 0 Å². The van der Waals surface area contributed by atoms with Gasteiger partial charge in [0, 0.05) is 0 Å². The fourth-order valence-electron chi connectivity index (χ4n) is 0.942. The van der Waals surface area contributed by atoms with E-state index in [0.717, 1.165) is 0 Å². The van der Waals surface area contributed by atoms with E-state index >= 15 is 0 Å². The Hall–Kier alpha value is -0.0613. The molecule has 0 heterocycles. The molecule has 3 nitrogen and oxygen atoms in total. The predicted octanol–water partition coefficient (Wildman–Crippen LogP) is 3.18. The summed E-state index contributed by atoms with van der Waals surface area (Å²) in [6, 6.07) is 0. The number of carbonyl (C=O) groups is 2. The molecule has 2 radical (unpaired) electrons. The Labute approximate surface area is 109 Å². The molecule has 0 fully saturated rings. The van der Waals surface area contributed by atoms with Crippen molar-refractivity contribution in [3.8, 4) is 0 Å². The van der Waals surface area contributed by atoms with Crippen molar-refractivity contribution < 1.29 is 14.7 Å². The molecule has 0 spiro atoms. The summed E-state index contributed by atoms with van der Waals surface area (Å²) in [5, 5.41) is 7.86. The topological polar surface area (TPSA) is 54.4 Å². The van der Waals surface area contributed by atoms with E-state index in [1.807, 2.05) is 0 Å². The SMILES string of the molecule is CC(=O)CC(=O)O.CCC[CH2][Sn][CH2]CCC. The van der Waals surface area contributed by atoms with E-state index in [2.05, 4.69) is 13.8 Å². The van der Waals surface area contributed by atoms with Gasteiger partial charge < -0.3 is 5.11 Å². The second-order valence-corrected chi connectivity index (χ2v) is 8.01. The molecular weight excluding hydrogens is 311 g/mol. The number of carbonyl (C=O) groups excluding carboxylic acids is 1. The van der Waals surface area contributed by atoms with Gasteiger partial charge >= 0.3 is 75.5 Å². The second kappa shape index (κ2) is 14.9. The first-order chi connectivity index (χ1) is 7.54. The number of unbranched alkanes of at least 4 members (excludes halogenated alkanes) is 2. The van der Waals surface area contributed by atoms with Gasteiger partial charge in [-0.15, -0.1) is 0 Å². The van der Waals surface area contributed by atoms with Crippen molar-refractivity contribution in [3.05, 3.63) is 0 Å². The molecule has 0 saturated carbocycles. The molecule has 0 rings (SSSR count). The first-order valence-electron chi connectivity index (χ1n) is 5.96. The van der Waals surface area contributed by atoms with Gasteiger partial charge in [-0.25, -0.2) is 0 Å². The van der Waals surface area contributed by atoms with Gasteiger partial charge in [0.15, 0.2) is 0 Å². The summed E-state index contributed by atoms with van der Waals surface area (Å²) in [5.74, 6) is -1.37. The third-order valence-electron chi connectivity index (χ3n) is 1.81. The van der Waals surface area contributed by atoms with E-state index in [4.69, 9.17) is 5.11 Å². The zero-order valence-corrected chi connectivity index (χ0v) is 13.6. The summed E-state index contributed by atoms with van der Waals surface area (Å²) in [7, 11) is 0. The molecular formula is C12H24O3Sn. The van der Waals surface area contributed by atoms with Crippen LogP contribution in [0.25, 0.3) is 0 Å². The van der Waals surface area contributed by atoms with Crippen molar-refractivity contribution in [2.45, 2.75) is 61.7 Å². The molecule has 4 heteroatoms. The molecule has 0 unspecified atom stereocenters. The molecule has 0 aliphatic heterocycles. The summed E-state index contributed by atoms with van der Waals surface area (Å²) in [6.07, 6.45) is 5.48. The maximum absolute atomic E-state index is 9.87. The average molecular weight is 335 g/mol. The molecule has 0 aliphatic carbocycles. The Balaban J connectivity index is 0. The van der Waals surface area contributed by atoms with Gasteiger partial charge in [-0.1, -0.05) is 0 Å². The number of hydrogen-bond acceptors (Lipinski definition) is 2. The third-order valence-corrected chi connectivity index (χ3v) is 5.85. The van der Waals surface area contributed by atoms with Crippen LogP contribution in [-0.4, -0.2) is 38.0 Å². The van der Waals surface area contributed by atoms with Crippen LogP contribution in [0.1, 0.15) is 52.9 Å². The molecule has 0 aromatic carbocycles. The third kappa shape index (κ3) is 23.6. The van der Waals surface area contributed by atoms with Crippen molar-refractivity contribution >= 4 is 32.9 Å². The van der Waals surface area contributed by atoms with Gasteiger partial charge in [0.2, 0.25) is 0 Å². The van der Waals surface area contributed by atoms with E-state index in [9.17, 15) is 9.59 Å². The van der Waals surface area contributed by atoms with E-state index in [0.29, 0.717) is 0 Å². The van der Waals surface area contributed by atoms with E-state index < -0.39 is 5.97 Å². The Morgan fingerprint density at radius 1 is 1.06 bits per heavy atom. The number of aliphatic carboxylic acids is 1. The number of ketones is 1. The molecule has 0 atom stereocenters. The van der Waals surface area contributed by atoms with Crippen LogP contribution >= 0.6 is 0 Å². The van der Waals surface area contributed by atoms with Crippen LogP contribution in [0.15, 0.2) is 0 Å². The summed E-state index contributed by atoms with van der Waals surface area (Å²) in [6.45, 7) is 5.83. The number of rotatable bonds is 8. The summed E-state index contributed by atoms with van der Waals surface area (Å²) >= 11 is 0.149. The molecule has 1 N–H and O–H groups in total. The van der Waals surface area contributed by atoms with Crippen LogP contribution in [0.4, 0.5) is 0 Å². The number of Topliss-reactive ketones (excluding diaryl/α,β-unsaturated/α-hetero) is 1. The standard InChI is InChI=1S/C4H6O3.2C4H9.Sn/c1-3(5)2-4(6)7;2*1-3-4-2;/h2H2,1H3,(H,6,7);2*1,3-4H2,2H3;. The summed E-state index contributed by atoms with van der Waals surface area (Å²) in [5.41, 5.74) is 0. The Bertz CT molecular complexity index is 163. The number of hydrogen-bond donors (Lipinski definition) is 1. The predicted molar refractivity (Wildman–Crippen MR) is 68.1 cm³/mol. The summed E-state index contributed by atoms with van der Waals surface area (Å²) in [4.78, 5) is 19.5. The van der Waals surface area contributed by atoms with Crippen LogP contribution in [-0.2, 0) is 9.59 Å². The van der Waals surface area contributed by atoms with Crippen LogP contribution in [0.3, 0.4) is 0 Å². The molecule has 0 aromatic heterocycles. The quantitative estimate of drug-likeness (QED) is 0.421. The van der Waals surface area contributed by atoms with Crippen molar-refractivity contribution in [1.82, 2.24) is 0 Å². The Morgan fingerprint density at radius 3 is 1.69 bits per heavy atom. The number of carboxylic acids is 1. The molecule has 16 heavy (non-hydrogen) atoms. The minimum atomic E-state index is -1.06. The van der Waals surface area contributed by atoms with Crippen LogP contribution in [0, 0.1) is 0 Å². The Kier molecular flexibility index (Phi) is 17.1. The maximum atomic E-state index is 9.87. The monoisotopic (exact) mass is 336 g/mol. The molecule has 94 valence electrons. The average Bonchev–Trinajstić information content (AvgIpc) is 2.16. The first-order valence-corrected chi connectivity index (χ1v) is 10.00. The molecule has 0 aliphatic rings. The van der Waals surface area contributed by atoms with E-state index in [1.165, 1.54) is 32.6 Å². The zero-order chi connectivity index (χ0) is 12.8. The van der Waals surface area contributed by atoms with Gasteiger partial charge in [-0.05, 0) is 6.92 Å². The van der Waals surface area contributed by atoms with Crippen molar-refractivity contribution in [1.29, 1.82) is 0 Å². The normalized spacial score (nSPS) is 9.19. The van der Waals surface area contributed by atoms with Crippen LogP contribution < -0.4 is 0 Å². The van der Waals surface area contributed by atoms with Gasteiger partial charge in [0.1, 0.15) is 12.2 Å².